The van der Waals surface area contributed by atoms with E-state index in [0.717, 1.165) is 52.8 Å². The molecular weight excluding hydrogens is 454 g/mol. The largest absolute Gasteiger partial charge is 0.368 e. The number of halogens is 1. The summed E-state index contributed by atoms with van der Waals surface area (Å²) in [6.45, 7) is 7.00. The van der Waals surface area contributed by atoms with Crippen molar-refractivity contribution in [1.82, 2.24) is 4.90 Å². The summed E-state index contributed by atoms with van der Waals surface area (Å²) < 4.78 is 0.971. The summed E-state index contributed by atoms with van der Waals surface area (Å²) in [5, 5.41) is 4.94. The number of nitrogens with zero attached hydrogens (tertiary/aromatic N) is 2. The molecule has 1 heterocycles. The summed E-state index contributed by atoms with van der Waals surface area (Å²) in [6, 6.07) is 19.5. The lowest BCUT2D eigenvalue weighted by Gasteiger charge is -2.37. The van der Waals surface area contributed by atoms with Gasteiger partial charge in [-0.3, -0.25) is 9.59 Å². The number of amides is 2. The number of benzene rings is 3. The molecule has 1 aliphatic rings. The van der Waals surface area contributed by atoms with Crippen LogP contribution in [0.4, 0.5) is 11.4 Å². The number of rotatable bonds is 4. The number of nitrogens with one attached hydrogen (secondary N) is 1. The Labute approximate surface area is 191 Å². The lowest BCUT2D eigenvalue weighted by Crippen LogP contribution is -2.49. The van der Waals surface area contributed by atoms with Crippen LogP contribution in [0.15, 0.2) is 65.1 Å². The monoisotopic (exact) mass is 479 g/mol. The first-order valence-corrected chi connectivity index (χ1v) is 11.4. The second-order valence-electron chi connectivity index (χ2n) is 8.11. The predicted octanol–water partition coefficient (Wildman–Crippen LogP) is 5.16. The van der Waals surface area contributed by atoms with Crippen molar-refractivity contribution in [3.8, 4) is 0 Å². The van der Waals surface area contributed by atoms with E-state index in [0.29, 0.717) is 5.56 Å². The fraction of sp³-hybridized carbons (Fsp3) is 0.280. The average Bonchev–Trinajstić information content (AvgIpc) is 2.79. The molecule has 1 fully saturated rings. The minimum absolute atomic E-state index is 0.0392. The zero-order valence-electron chi connectivity index (χ0n) is 17.8. The molecule has 160 valence electrons. The van der Waals surface area contributed by atoms with Crippen molar-refractivity contribution < 1.29 is 9.59 Å². The van der Waals surface area contributed by atoms with E-state index in [9.17, 15) is 9.59 Å². The summed E-state index contributed by atoms with van der Waals surface area (Å²) >= 11 is 3.55. The highest BCUT2D eigenvalue weighted by atomic mass is 79.9. The number of piperazine rings is 1. The van der Waals surface area contributed by atoms with Crippen LogP contribution in [0.2, 0.25) is 0 Å². The second kappa shape index (κ2) is 9.10. The second-order valence-corrected chi connectivity index (χ2v) is 8.96. The van der Waals surface area contributed by atoms with E-state index in [2.05, 4.69) is 26.1 Å². The maximum atomic E-state index is 12.9. The number of carbonyl (C=O) groups excluding carboxylic acids is 2. The summed E-state index contributed by atoms with van der Waals surface area (Å²) in [5.41, 5.74) is 2.51. The van der Waals surface area contributed by atoms with Crippen LogP contribution < -0.4 is 10.2 Å². The Balaban J connectivity index is 1.42. The molecule has 2 amide bonds. The molecule has 0 atom stereocenters. The molecule has 0 aromatic heterocycles. The zero-order chi connectivity index (χ0) is 22.0. The van der Waals surface area contributed by atoms with E-state index in [-0.39, 0.29) is 17.7 Å². The van der Waals surface area contributed by atoms with Gasteiger partial charge in [0.05, 0.1) is 0 Å². The summed E-state index contributed by atoms with van der Waals surface area (Å²) in [7, 11) is 0. The Bertz CT molecular complexity index is 1100. The first kappa shape index (κ1) is 21.4. The van der Waals surface area contributed by atoms with E-state index < -0.39 is 0 Å². The number of hydrogen-bond donors (Lipinski definition) is 1. The quantitative estimate of drug-likeness (QED) is 0.562. The molecule has 3 aromatic rings. The van der Waals surface area contributed by atoms with Crippen LogP contribution in [-0.2, 0) is 4.79 Å². The van der Waals surface area contributed by atoms with Gasteiger partial charge in [-0.25, -0.2) is 0 Å². The highest BCUT2D eigenvalue weighted by molar-refractivity contribution is 9.10. The van der Waals surface area contributed by atoms with Crippen molar-refractivity contribution in [2.75, 3.05) is 36.4 Å². The fourth-order valence-corrected chi connectivity index (χ4v) is 4.47. The summed E-state index contributed by atoms with van der Waals surface area (Å²) in [4.78, 5) is 29.3. The van der Waals surface area contributed by atoms with Crippen molar-refractivity contribution in [2.24, 2.45) is 5.92 Å². The van der Waals surface area contributed by atoms with Gasteiger partial charge in [0.15, 0.2) is 0 Å². The normalized spacial score (nSPS) is 14.2. The van der Waals surface area contributed by atoms with E-state index in [1.807, 2.05) is 79.4 Å². The van der Waals surface area contributed by atoms with Gasteiger partial charge in [0.25, 0.3) is 5.91 Å². The first-order chi connectivity index (χ1) is 14.9. The molecule has 0 radical (unpaired) electrons. The van der Waals surface area contributed by atoms with Crippen molar-refractivity contribution in [3.05, 3.63) is 70.7 Å². The lowest BCUT2D eigenvalue weighted by molar-refractivity contribution is -0.134. The molecule has 0 saturated carbocycles. The molecule has 0 unspecified atom stereocenters. The molecule has 0 bridgehead atoms. The van der Waals surface area contributed by atoms with Crippen LogP contribution in [0.25, 0.3) is 10.8 Å². The molecule has 4 rings (SSSR count). The third-order valence-electron chi connectivity index (χ3n) is 5.69. The number of carbonyl (C=O) groups is 2. The molecule has 0 spiro atoms. The molecule has 1 saturated heterocycles. The third-order valence-corrected chi connectivity index (χ3v) is 6.38. The standard InChI is InChI=1S/C25H26BrN3O2/c1-17(2)25(31)29-15-13-28(14-16-29)19-11-9-18(10-12-19)27-24(30)22-7-3-6-21-20(22)5-4-8-23(21)26/h3-12,17H,13-16H2,1-2H3,(H,27,30). The molecule has 3 aromatic carbocycles. The molecule has 1 N–H and O–H groups in total. The molecule has 1 aliphatic heterocycles. The Morgan fingerprint density at radius 2 is 1.52 bits per heavy atom. The average molecular weight is 480 g/mol. The Morgan fingerprint density at radius 1 is 0.871 bits per heavy atom. The van der Waals surface area contributed by atoms with Gasteiger partial charge in [0.2, 0.25) is 5.91 Å². The minimum atomic E-state index is -0.128. The summed E-state index contributed by atoms with van der Waals surface area (Å²) in [6.07, 6.45) is 0. The SMILES string of the molecule is CC(C)C(=O)N1CCN(c2ccc(NC(=O)c3cccc4c(Br)cccc34)cc2)CC1. The Hall–Kier alpha value is -2.86. The van der Waals surface area contributed by atoms with Crippen LogP contribution >= 0.6 is 15.9 Å². The highest BCUT2D eigenvalue weighted by Crippen LogP contribution is 2.27. The van der Waals surface area contributed by atoms with Crippen molar-refractivity contribution in [1.29, 1.82) is 0 Å². The number of anilines is 2. The van der Waals surface area contributed by atoms with Crippen LogP contribution in [-0.4, -0.2) is 42.9 Å². The Morgan fingerprint density at radius 3 is 2.19 bits per heavy atom. The number of fused-ring (bicyclic) bond motifs is 1. The molecule has 5 nitrogen and oxygen atoms in total. The van der Waals surface area contributed by atoms with Crippen molar-refractivity contribution in [3.63, 3.8) is 0 Å². The van der Waals surface area contributed by atoms with Gasteiger partial charge in [-0.2, -0.15) is 0 Å². The maximum absolute atomic E-state index is 12.9. The molecule has 0 aliphatic carbocycles. The van der Waals surface area contributed by atoms with Gasteiger partial charge in [-0.05, 0) is 47.2 Å². The lowest BCUT2D eigenvalue weighted by atomic mass is 10.0. The van der Waals surface area contributed by atoms with Gasteiger partial charge in [-0.15, -0.1) is 0 Å². The first-order valence-electron chi connectivity index (χ1n) is 10.6. The van der Waals surface area contributed by atoms with E-state index >= 15 is 0 Å². The van der Waals surface area contributed by atoms with Gasteiger partial charge in [0.1, 0.15) is 0 Å². The van der Waals surface area contributed by atoms with Gasteiger partial charge in [-0.1, -0.05) is 54.0 Å². The minimum Gasteiger partial charge on any atom is -0.368 e. The van der Waals surface area contributed by atoms with E-state index in [1.54, 1.807) is 0 Å². The van der Waals surface area contributed by atoms with Gasteiger partial charge < -0.3 is 15.1 Å². The van der Waals surface area contributed by atoms with Crippen molar-refractivity contribution in [2.45, 2.75) is 13.8 Å². The molecule has 6 heteroatoms. The zero-order valence-corrected chi connectivity index (χ0v) is 19.4. The smallest absolute Gasteiger partial charge is 0.256 e. The van der Waals surface area contributed by atoms with Gasteiger partial charge in [0, 0.05) is 53.5 Å². The Kier molecular flexibility index (Phi) is 6.28. The summed E-state index contributed by atoms with van der Waals surface area (Å²) in [5.74, 6) is 0.132. The number of hydrogen-bond acceptors (Lipinski definition) is 3. The predicted molar refractivity (Wildman–Crippen MR) is 130 cm³/mol. The molecular formula is C25H26BrN3O2. The topological polar surface area (TPSA) is 52.7 Å². The van der Waals surface area contributed by atoms with Crippen LogP contribution in [0.3, 0.4) is 0 Å². The van der Waals surface area contributed by atoms with Crippen LogP contribution in [0.1, 0.15) is 24.2 Å². The maximum Gasteiger partial charge on any atom is 0.256 e. The highest BCUT2D eigenvalue weighted by Gasteiger charge is 2.23. The van der Waals surface area contributed by atoms with Crippen LogP contribution in [0.5, 0.6) is 0 Å². The van der Waals surface area contributed by atoms with E-state index in [4.69, 9.17) is 0 Å². The fourth-order valence-electron chi connectivity index (χ4n) is 3.97. The van der Waals surface area contributed by atoms with E-state index in [1.165, 1.54) is 0 Å². The third kappa shape index (κ3) is 4.59. The van der Waals surface area contributed by atoms with Crippen LogP contribution in [0, 0.1) is 5.92 Å². The molecule has 31 heavy (non-hydrogen) atoms. The van der Waals surface area contributed by atoms with Gasteiger partial charge >= 0.3 is 0 Å². The van der Waals surface area contributed by atoms with Crippen molar-refractivity contribution >= 4 is 49.9 Å².